The summed E-state index contributed by atoms with van der Waals surface area (Å²) in [5.74, 6) is 1.55. The quantitative estimate of drug-likeness (QED) is 0.400. The van der Waals surface area contributed by atoms with Crippen LogP contribution in [0, 0.1) is 0 Å². The molecule has 0 saturated carbocycles. The number of anilines is 2. The molecule has 0 saturated heterocycles. The van der Waals surface area contributed by atoms with Crippen molar-refractivity contribution in [2.45, 2.75) is 12.1 Å². The lowest BCUT2D eigenvalue weighted by Crippen LogP contribution is -2.37. The average Bonchev–Trinajstić information content (AvgIpc) is 2.43. The number of nitrogens with one attached hydrogen (secondary N) is 3. The molecule has 0 bridgehead atoms. The van der Waals surface area contributed by atoms with Crippen LogP contribution in [-0.4, -0.2) is 60.9 Å². The van der Waals surface area contributed by atoms with Crippen molar-refractivity contribution >= 4 is 29.4 Å². The first-order valence-electron chi connectivity index (χ1n) is 6.42. The zero-order valence-electron chi connectivity index (χ0n) is 12.4. The minimum absolute atomic E-state index is 0.104. The van der Waals surface area contributed by atoms with Crippen LogP contribution in [0.1, 0.15) is 6.92 Å². The summed E-state index contributed by atoms with van der Waals surface area (Å²) in [6, 6.07) is 1.75. The number of urea groups is 1. The van der Waals surface area contributed by atoms with Crippen molar-refractivity contribution in [3.63, 3.8) is 0 Å². The zero-order chi connectivity index (χ0) is 15.0. The molecule has 0 aromatic carbocycles. The highest BCUT2D eigenvalue weighted by molar-refractivity contribution is 7.98. The van der Waals surface area contributed by atoms with Gasteiger partial charge in [0.1, 0.15) is 11.6 Å². The molecule has 112 valence electrons. The van der Waals surface area contributed by atoms with Gasteiger partial charge in [0.25, 0.3) is 0 Å². The summed E-state index contributed by atoms with van der Waals surface area (Å²) in [5, 5.41) is 9.83. The van der Waals surface area contributed by atoms with Crippen molar-refractivity contribution in [3.8, 4) is 0 Å². The molecule has 0 aliphatic heterocycles. The normalized spacial score (nSPS) is 10.0. The van der Waals surface area contributed by atoms with E-state index in [1.807, 2.05) is 19.2 Å². The van der Waals surface area contributed by atoms with E-state index in [4.69, 9.17) is 0 Å². The lowest BCUT2D eigenvalue weighted by molar-refractivity contribution is 0.218. The molecule has 3 N–H and O–H groups in total. The Kier molecular flexibility index (Phi) is 6.92. The Morgan fingerprint density at radius 1 is 1.25 bits per heavy atom. The van der Waals surface area contributed by atoms with E-state index in [1.165, 1.54) is 16.7 Å². The van der Waals surface area contributed by atoms with Gasteiger partial charge >= 0.3 is 6.03 Å². The number of rotatable bonds is 7. The van der Waals surface area contributed by atoms with Gasteiger partial charge in [-0.25, -0.2) is 14.8 Å². The molecule has 20 heavy (non-hydrogen) atoms. The number of amides is 2. The summed E-state index contributed by atoms with van der Waals surface area (Å²) in [6.45, 7) is 3.97. The van der Waals surface area contributed by atoms with Gasteiger partial charge in [0.15, 0.2) is 5.16 Å². The van der Waals surface area contributed by atoms with Gasteiger partial charge in [-0.1, -0.05) is 11.8 Å². The molecule has 0 radical (unpaired) electrons. The van der Waals surface area contributed by atoms with E-state index in [-0.39, 0.29) is 6.03 Å². The molecule has 1 aromatic rings. The third kappa shape index (κ3) is 5.52. The Hall–Kier alpha value is -1.70. The number of thioether (sulfide) groups is 1. The Labute approximate surface area is 123 Å². The van der Waals surface area contributed by atoms with Crippen molar-refractivity contribution in [3.05, 3.63) is 6.07 Å². The van der Waals surface area contributed by atoms with Gasteiger partial charge < -0.3 is 20.9 Å². The number of carbonyl (C=O) groups is 1. The molecule has 1 rings (SSSR count). The minimum Gasteiger partial charge on any atom is -0.370 e. The molecule has 1 aromatic heterocycles. The Balaban J connectivity index is 2.50. The van der Waals surface area contributed by atoms with Crippen molar-refractivity contribution in [1.29, 1.82) is 0 Å². The van der Waals surface area contributed by atoms with Gasteiger partial charge in [-0.15, -0.1) is 0 Å². The summed E-state index contributed by atoms with van der Waals surface area (Å²) in [4.78, 5) is 21.6. The number of nitrogens with zero attached hydrogens (tertiary/aromatic N) is 3. The number of carbonyl (C=O) groups excluding carboxylic acids is 1. The van der Waals surface area contributed by atoms with Crippen LogP contribution in [0.3, 0.4) is 0 Å². The maximum absolute atomic E-state index is 11.3. The van der Waals surface area contributed by atoms with Gasteiger partial charge in [-0.3, -0.25) is 0 Å². The predicted octanol–water partition coefficient (Wildman–Crippen LogP) is 1.31. The van der Waals surface area contributed by atoms with Crippen LogP contribution >= 0.6 is 11.8 Å². The first-order chi connectivity index (χ1) is 9.56. The summed E-state index contributed by atoms with van der Waals surface area (Å²) in [6.07, 6.45) is 1.94. The smallest absolute Gasteiger partial charge is 0.316 e. The summed E-state index contributed by atoms with van der Waals surface area (Å²) in [5.41, 5.74) is 0. The third-order valence-electron chi connectivity index (χ3n) is 2.36. The van der Waals surface area contributed by atoms with Gasteiger partial charge in [0.05, 0.1) is 0 Å². The van der Waals surface area contributed by atoms with Gasteiger partial charge in [0.2, 0.25) is 0 Å². The van der Waals surface area contributed by atoms with E-state index < -0.39 is 0 Å². The van der Waals surface area contributed by atoms with Gasteiger partial charge in [-0.05, 0) is 13.2 Å². The topological polar surface area (TPSA) is 82.2 Å². The molecule has 0 aliphatic carbocycles. The molecule has 0 aliphatic rings. The summed E-state index contributed by atoms with van der Waals surface area (Å²) < 4.78 is 0. The van der Waals surface area contributed by atoms with Crippen molar-refractivity contribution in [2.24, 2.45) is 0 Å². The molecular weight excluding hydrogens is 276 g/mol. The van der Waals surface area contributed by atoms with E-state index in [2.05, 4.69) is 25.9 Å². The maximum atomic E-state index is 11.3. The van der Waals surface area contributed by atoms with Gasteiger partial charge in [-0.2, -0.15) is 0 Å². The lowest BCUT2D eigenvalue weighted by atomic mass is 10.5. The minimum atomic E-state index is -0.104. The molecule has 0 unspecified atom stereocenters. The Morgan fingerprint density at radius 2 is 1.90 bits per heavy atom. The van der Waals surface area contributed by atoms with E-state index in [0.717, 1.165) is 18.2 Å². The molecule has 7 nitrogen and oxygen atoms in total. The molecule has 0 fully saturated rings. The number of hydrogen-bond acceptors (Lipinski definition) is 6. The molecule has 8 heteroatoms. The third-order valence-corrected chi connectivity index (χ3v) is 2.91. The lowest BCUT2D eigenvalue weighted by Gasteiger charge is -2.13. The second kappa shape index (κ2) is 8.47. The monoisotopic (exact) mass is 298 g/mol. The summed E-state index contributed by atoms with van der Waals surface area (Å²) >= 11 is 1.49. The van der Waals surface area contributed by atoms with Crippen LogP contribution in [0.25, 0.3) is 0 Å². The molecule has 1 heterocycles. The highest BCUT2D eigenvalue weighted by Gasteiger charge is 2.04. The second-order valence-corrected chi connectivity index (χ2v) is 4.98. The van der Waals surface area contributed by atoms with Crippen LogP contribution in [0.4, 0.5) is 16.4 Å². The predicted molar refractivity (Wildman–Crippen MR) is 83.6 cm³/mol. The van der Waals surface area contributed by atoms with Gasteiger partial charge in [0, 0.05) is 39.8 Å². The van der Waals surface area contributed by atoms with E-state index in [1.54, 1.807) is 14.1 Å². The average molecular weight is 298 g/mol. The SMILES string of the molecule is CCNc1cc(NCCNC(=O)N(C)C)nc(SC)n1. The molecule has 0 spiro atoms. The zero-order valence-corrected chi connectivity index (χ0v) is 13.2. The van der Waals surface area contributed by atoms with Crippen LogP contribution in [-0.2, 0) is 0 Å². The number of hydrogen-bond donors (Lipinski definition) is 3. The Bertz CT molecular complexity index is 440. The first-order valence-corrected chi connectivity index (χ1v) is 7.65. The van der Waals surface area contributed by atoms with Crippen molar-refractivity contribution in [2.75, 3.05) is 50.6 Å². The van der Waals surface area contributed by atoms with Crippen LogP contribution in [0.15, 0.2) is 11.2 Å². The first kappa shape index (κ1) is 16.4. The van der Waals surface area contributed by atoms with Crippen molar-refractivity contribution in [1.82, 2.24) is 20.2 Å². The molecular formula is C12H22N6OS. The summed E-state index contributed by atoms with van der Waals surface area (Å²) in [7, 11) is 3.42. The standard InChI is InChI=1S/C12H22N6OS/c1-5-13-9-8-10(17-11(16-9)20-4)14-6-7-15-12(19)18(2)3/h8H,5-7H2,1-4H3,(H,15,19)(H2,13,14,16,17). The fourth-order valence-electron chi connectivity index (χ4n) is 1.40. The van der Waals surface area contributed by atoms with E-state index in [9.17, 15) is 4.79 Å². The van der Waals surface area contributed by atoms with Crippen LogP contribution < -0.4 is 16.0 Å². The second-order valence-electron chi connectivity index (χ2n) is 4.21. The molecule has 2 amide bonds. The maximum Gasteiger partial charge on any atom is 0.316 e. The molecule has 0 atom stereocenters. The largest absolute Gasteiger partial charge is 0.370 e. The highest BCUT2D eigenvalue weighted by Crippen LogP contribution is 2.16. The van der Waals surface area contributed by atoms with E-state index >= 15 is 0 Å². The fourth-order valence-corrected chi connectivity index (χ4v) is 1.78. The number of aromatic nitrogens is 2. The Morgan fingerprint density at radius 3 is 2.45 bits per heavy atom. The van der Waals surface area contributed by atoms with E-state index in [0.29, 0.717) is 18.2 Å². The highest BCUT2D eigenvalue weighted by atomic mass is 32.2. The van der Waals surface area contributed by atoms with Crippen LogP contribution in [0.5, 0.6) is 0 Å². The van der Waals surface area contributed by atoms with Crippen LogP contribution in [0.2, 0.25) is 0 Å². The fraction of sp³-hybridized carbons (Fsp3) is 0.583. The van der Waals surface area contributed by atoms with Crippen molar-refractivity contribution < 1.29 is 4.79 Å².